The zero-order chi connectivity index (χ0) is 15.6. The molecule has 0 saturated carbocycles. The fourth-order valence-corrected chi connectivity index (χ4v) is 3.00. The molecule has 2 saturated heterocycles. The number of hydrogen-bond acceptors (Lipinski definition) is 4. The Morgan fingerprint density at radius 3 is 2.67 bits per heavy atom. The summed E-state index contributed by atoms with van der Waals surface area (Å²) in [6.45, 7) is 4.24. The molecule has 2 atom stereocenters. The average molecular weight is 295 g/mol. The van der Waals surface area contributed by atoms with Gasteiger partial charge in [-0.15, -0.1) is 0 Å². The summed E-state index contributed by atoms with van der Waals surface area (Å²) < 4.78 is 0. The van der Waals surface area contributed by atoms with Crippen LogP contribution in [-0.2, 0) is 19.2 Å². The van der Waals surface area contributed by atoms with Gasteiger partial charge in [-0.1, -0.05) is 6.92 Å². The number of rotatable bonds is 2. The number of piperidine rings is 1. The van der Waals surface area contributed by atoms with Crippen LogP contribution in [0.3, 0.4) is 0 Å². The first-order valence-corrected chi connectivity index (χ1v) is 7.33. The number of amides is 4. The largest absolute Gasteiger partial charge is 0.342 e. The molecule has 7 heteroatoms. The molecule has 0 aromatic heterocycles. The van der Waals surface area contributed by atoms with E-state index in [9.17, 15) is 19.2 Å². The summed E-state index contributed by atoms with van der Waals surface area (Å²) in [7, 11) is 0. The van der Waals surface area contributed by atoms with Crippen molar-refractivity contribution in [1.82, 2.24) is 15.1 Å². The molecule has 0 aromatic carbocycles. The van der Waals surface area contributed by atoms with Crippen molar-refractivity contribution in [3.8, 4) is 0 Å². The quantitative estimate of drug-likeness (QED) is 0.696. The van der Waals surface area contributed by atoms with Crippen LogP contribution in [-0.4, -0.2) is 59.1 Å². The van der Waals surface area contributed by atoms with Crippen LogP contribution in [0.25, 0.3) is 0 Å². The second-order valence-corrected chi connectivity index (χ2v) is 5.61. The van der Waals surface area contributed by atoms with Crippen LogP contribution in [0.2, 0.25) is 0 Å². The van der Waals surface area contributed by atoms with E-state index < -0.39 is 17.9 Å². The van der Waals surface area contributed by atoms with E-state index in [0.29, 0.717) is 25.9 Å². The summed E-state index contributed by atoms with van der Waals surface area (Å²) in [6, 6.07) is -0.595. The van der Waals surface area contributed by atoms with Gasteiger partial charge in [0.15, 0.2) is 0 Å². The van der Waals surface area contributed by atoms with Crippen LogP contribution in [0, 0.1) is 5.92 Å². The molecule has 2 aliphatic rings. The summed E-state index contributed by atoms with van der Waals surface area (Å²) >= 11 is 0. The molecule has 0 aromatic rings. The first-order chi connectivity index (χ1) is 9.93. The van der Waals surface area contributed by atoms with E-state index >= 15 is 0 Å². The SMILES string of the molecule is CCC1C(=O)NC(=O)CN1C(=O)C1CCCN(C(C)=O)C1. The van der Waals surface area contributed by atoms with Gasteiger partial charge in [-0.3, -0.25) is 24.5 Å². The van der Waals surface area contributed by atoms with Gasteiger partial charge in [-0.2, -0.15) is 0 Å². The third-order valence-corrected chi connectivity index (χ3v) is 4.14. The number of hydrogen-bond donors (Lipinski definition) is 1. The fourth-order valence-electron chi connectivity index (χ4n) is 3.00. The van der Waals surface area contributed by atoms with Crippen LogP contribution in [0.5, 0.6) is 0 Å². The first kappa shape index (κ1) is 15.5. The third kappa shape index (κ3) is 3.22. The Bertz CT molecular complexity index is 477. The molecule has 7 nitrogen and oxygen atoms in total. The molecule has 4 amide bonds. The Kier molecular flexibility index (Phi) is 4.59. The van der Waals surface area contributed by atoms with Crippen LogP contribution in [0.1, 0.15) is 33.1 Å². The summed E-state index contributed by atoms with van der Waals surface area (Å²) in [6.07, 6.45) is 1.92. The topological polar surface area (TPSA) is 86.8 Å². The molecule has 2 fully saturated rings. The van der Waals surface area contributed by atoms with Crippen LogP contribution in [0.4, 0.5) is 0 Å². The molecule has 0 spiro atoms. The van der Waals surface area contributed by atoms with Crippen molar-refractivity contribution >= 4 is 23.6 Å². The van der Waals surface area contributed by atoms with Crippen molar-refractivity contribution in [2.24, 2.45) is 5.92 Å². The highest BCUT2D eigenvalue weighted by atomic mass is 16.2. The number of likely N-dealkylation sites (tertiary alicyclic amines) is 1. The van der Waals surface area contributed by atoms with Gasteiger partial charge in [0.2, 0.25) is 23.6 Å². The normalized spacial score (nSPS) is 26.6. The minimum Gasteiger partial charge on any atom is -0.342 e. The minimum atomic E-state index is -0.595. The zero-order valence-corrected chi connectivity index (χ0v) is 12.4. The molecule has 2 unspecified atom stereocenters. The molecule has 0 bridgehead atoms. The Morgan fingerprint density at radius 1 is 1.33 bits per heavy atom. The van der Waals surface area contributed by atoms with Gasteiger partial charge in [-0.25, -0.2) is 0 Å². The fraction of sp³-hybridized carbons (Fsp3) is 0.714. The lowest BCUT2D eigenvalue weighted by atomic mass is 9.95. The minimum absolute atomic E-state index is 0.0491. The summed E-state index contributed by atoms with van der Waals surface area (Å²) in [4.78, 5) is 50.4. The maximum Gasteiger partial charge on any atom is 0.249 e. The summed E-state index contributed by atoms with van der Waals surface area (Å²) in [5, 5.41) is 2.26. The van der Waals surface area contributed by atoms with Crippen molar-refractivity contribution in [2.75, 3.05) is 19.6 Å². The lowest BCUT2D eigenvalue weighted by molar-refractivity contribution is -0.154. The van der Waals surface area contributed by atoms with Crippen LogP contribution in [0.15, 0.2) is 0 Å². The van der Waals surface area contributed by atoms with Gasteiger partial charge in [0.25, 0.3) is 0 Å². The maximum absolute atomic E-state index is 12.6. The number of nitrogens with one attached hydrogen (secondary N) is 1. The second-order valence-electron chi connectivity index (χ2n) is 5.61. The molecule has 2 rings (SSSR count). The van der Waals surface area contributed by atoms with Crippen molar-refractivity contribution in [1.29, 1.82) is 0 Å². The molecule has 116 valence electrons. The van der Waals surface area contributed by atoms with Gasteiger partial charge < -0.3 is 9.80 Å². The lowest BCUT2D eigenvalue weighted by Gasteiger charge is -2.38. The second kappa shape index (κ2) is 6.24. The van der Waals surface area contributed by atoms with Gasteiger partial charge in [0.1, 0.15) is 12.6 Å². The van der Waals surface area contributed by atoms with Crippen molar-refractivity contribution in [3.05, 3.63) is 0 Å². The van der Waals surface area contributed by atoms with Crippen molar-refractivity contribution < 1.29 is 19.2 Å². The Hall–Kier alpha value is -1.92. The van der Waals surface area contributed by atoms with Crippen LogP contribution < -0.4 is 5.32 Å². The highest BCUT2D eigenvalue weighted by Crippen LogP contribution is 2.21. The molecule has 1 N–H and O–H groups in total. The number of carbonyl (C=O) groups is 4. The lowest BCUT2D eigenvalue weighted by Crippen LogP contribution is -2.61. The summed E-state index contributed by atoms with van der Waals surface area (Å²) in [5.74, 6) is -1.43. The Morgan fingerprint density at radius 2 is 2.05 bits per heavy atom. The Balaban J connectivity index is 2.11. The average Bonchev–Trinajstić information content (AvgIpc) is 2.45. The molecule has 2 heterocycles. The number of carbonyl (C=O) groups excluding carboxylic acids is 4. The standard InChI is InChI=1S/C14H21N3O4/c1-3-11-13(20)15-12(19)8-17(11)14(21)10-5-4-6-16(7-10)9(2)18/h10-11H,3-8H2,1-2H3,(H,15,19,20). The van der Waals surface area contributed by atoms with Gasteiger partial charge in [0, 0.05) is 20.0 Å². The molecular weight excluding hydrogens is 274 g/mol. The molecular formula is C14H21N3O4. The third-order valence-electron chi connectivity index (χ3n) is 4.14. The van der Waals surface area contributed by atoms with Crippen LogP contribution >= 0.6 is 0 Å². The van der Waals surface area contributed by atoms with Crippen molar-refractivity contribution in [3.63, 3.8) is 0 Å². The number of piperazine rings is 1. The molecule has 0 aliphatic carbocycles. The van der Waals surface area contributed by atoms with E-state index in [2.05, 4.69) is 5.32 Å². The summed E-state index contributed by atoms with van der Waals surface area (Å²) in [5.41, 5.74) is 0. The van der Waals surface area contributed by atoms with Gasteiger partial charge in [-0.05, 0) is 19.3 Å². The smallest absolute Gasteiger partial charge is 0.249 e. The van der Waals surface area contributed by atoms with E-state index in [4.69, 9.17) is 0 Å². The highest BCUT2D eigenvalue weighted by Gasteiger charge is 2.39. The predicted molar refractivity (Wildman–Crippen MR) is 73.9 cm³/mol. The van der Waals surface area contributed by atoms with E-state index in [1.54, 1.807) is 4.90 Å². The van der Waals surface area contributed by atoms with E-state index in [-0.39, 0.29) is 24.3 Å². The highest BCUT2D eigenvalue weighted by molar-refractivity contribution is 6.04. The van der Waals surface area contributed by atoms with Crippen molar-refractivity contribution in [2.45, 2.75) is 39.2 Å². The monoisotopic (exact) mass is 295 g/mol. The molecule has 0 radical (unpaired) electrons. The number of imide groups is 1. The molecule has 21 heavy (non-hydrogen) atoms. The zero-order valence-electron chi connectivity index (χ0n) is 12.4. The van der Waals surface area contributed by atoms with Gasteiger partial charge >= 0.3 is 0 Å². The molecule has 2 aliphatic heterocycles. The van der Waals surface area contributed by atoms with E-state index in [1.165, 1.54) is 11.8 Å². The maximum atomic E-state index is 12.6. The Labute approximate surface area is 123 Å². The van der Waals surface area contributed by atoms with E-state index in [1.807, 2.05) is 6.92 Å². The number of nitrogens with zero attached hydrogens (tertiary/aromatic N) is 2. The first-order valence-electron chi connectivity index (χ1n) is 7.33. The van der Waals surface area contributed by atoms with E-state index in [0.717, 1.165) is 6.42 Å². The van der Waals surface area contributed by atoms with Gasteiger partial charge in [0.05, 0.1) is 5.92 Å². The predicted octanol–water partition coefficient (Wildman–Crippen LogP) is -0.491.